The van der Waals surface area contributed by atoms with Gasteiger partial charge in [-0.3, -0.25) is 0 Å². The summed E-state index contributed by atoms with van der Waals surface area (Å²) in [5, 5.41) is 4.23. The molecule has 0 spiro atoms. The van der Waals surface area contributed by atoms with Crippen molar-refractivity contribution >= 4 is 17.3 Å². The summed E-state index contributed by atoms with van der Waals surface area (Å²) in [6, 6.07) is 15.2. The fraction of sp³-hybridized carbons (Fsp3) is 0.333. The van der Waals surface area contributed by atoms with Crippen LogP contribution in [0.2, 0.25) is 5.02 Å². The summed E-state index contributed by atoms with van der Waals surface area (Å²) in [5.41, 5.74) is 4.75. The molecule has 2 aromatic rings. The molecule has 0 fully saturated rings. The van der Waals surface area contributed by atoms with Gasteiger partial charge >= 0.3 is 0 Å². The first kappa shape index (κ1) is 15.9. The van der Waals surface area contributed by atoms with E-state index in [9.17, 15) is 0 Å². The minimum absolute atomic E-state index is 0.448. The van der Waals surface area contributed by atoms with Crippen molar-refractivity contribution in [1.29, 1.82) is 0 Å². The Morgan fingerprint density at radius 2 is 1.62 bits per heavy atom. The average Bonchev–Trinajstić information content (AvgIpc) is 2.46. The fourth-order valence-electron chi connectivity index (χ4n) is 2.16. The molecule has 0 aliphatic heterocycles. The van der Waals surface area contributed by atoms with Crippen molar-refractivity contribution in [2.45, 2.75) is 26.4 Å². The first-order valence-corrected chi connectivity index (χ1v) is 7.64. The molecule has 0 aliphatic carbocycles. The van der Waals surface area contributed by atoms with Crippen LogP contribution in [0.25, 0.3) is 11.1 Å². The van der Waals surface area contributed by atoms with Crippen molar-refractivity contribution in [3.05, 3.63) is 53.1 Å². The molecule has 0 heterocycles. The van der Waals surface area contributed by atoms with Crippen molar-refractivity contribution in [3.63, 3.8) is 0 Å². The van der Waals surface area contributed by atoms with Gasteiger partial charge in [0, 0.05) is 37.4 Å². The maximum Gasteiger partial charge on any atom is 0.0451 e. The van der Waals surface area contributed by atoms with E-state index in [0.29, 0.717) is 6.04 Å². The van der Waals surface area contributed by atoms with Gasteiger partial charge in [-0.15, -0.1) is 0 Å². The molecule has 2 rings (SSSR count). The first-order valence-electron chi connectivity index (χ1n) is 7.27. The van der Waals surface area contributed by atoms with Crippen molar-refractivity contribution < 1.29 is 0 Å². The second kappa shape index (κ2) is 6.97. The second-order valence-corrected chi connectivity index (χ2v) is 6.19. The molecule has 112 valence electrons. The molecular formula is C18H23ClN2. The van der Waals surface area contributed by atoms with Crippen LogP contribution < -0.4 is 10.2 Å². The standard InChI is InChI=1S/C18H23ClN2/c1-13(2)20-12-16-11-15(7-10-18(16)19)14-5-8-17(9-6-14)21(3)4/h5-11,13,20H,12H2,1-4H3. The molecule has 21 heavy (non-hydrogen) atoms. The van der Waals surface area contributed by atoms with Gasteiger partial charge in [0.1, 0.15) is 0 Å². The van der Waals surface area contributed by atoms with Crippen LogP contribution >= 0.6 is 11.6 Å². The lowest BCUT2D eigenvalue weighted by molar-refractivity contribution is 0.589. The van der Waals surface area contributed by atoms with Crippen LogP contribution in [0.3, 0.4) is 0 Å². The predicted molar refractivity (Wildman–Crippen MR) is 93.2 cm³/mol. The van der Waals surface area contributed by atoms with E-state index < -0.39 is 0 Å². The molecule has 1 N–H and O–H groups in total. The number of anilines is 1. The van der Waals surface area contributed by atoms with E-state index in [0.717, 1.165) is 17.1 Å². The zero-order valence-corrected chi connectivity index (χ0v) is 13.9. The van der Waals surface area contributed by atoms with Crippen LogP contribution in [0, 0.1) is 0 Å². The van der Waals surface area contributed by atoms with E-state index in [4.69, 9.17) is 11.6 Å². The van der Waals surface area contributed by atoms with Crippen molar-refractivity contribution in [2.75, 3.05) is 19.0 Å². The van der Waals surface area contributed by atoms with Gasteiger partial charge in [-0.05, 0) is 41.0 Å². The smallest absolute Gasteiger partial charge is 0.0451 e. The molecule has 0 saturated heterocycles. The Morgan fingerprint density at radius 3 is 2.19 bits per heavy atom. The molecular weight excluding hydrogens is 280 g/mol. The Bertz CT molecular complexity index is 589. The fourth-order valence-corrected chi connectivity index (χ4v) is 2.34. The predicted octanol–water partition coefficient (Wildman–Crippen LogP) is 4.57. The molecule has 0 amide bonds. The Hall–Kier alpha value is -1.51. The van der Waals surface area contributed by atoms with E-state index in [1.807, 2.05) is 20.2 Å². The van der Waals surface area contributed by atoms with Gasteiger partial charge in [0.15, 0.2) is 0 Å². The maximum atomic E-state index is 6.29. The van der Waals surface area contributed by atoms with Gasteiger partial charge in [-0.1, -0.05) is 43.6 Å². The molecule has 0 aliphatic rings. The Morgan fingerprint density at radius 1 is 1.00 bits per heavy atom. The van der Waals surface area contributed by atoms with Gasteiger partial charge in [0.25, 0.3) is 0 Å². The topological polar surface area (TPSA) is 15.3 Å². The average molecular weight is 303 g/mol. The van der Waals surface area contributed by atoms with Crippen LogP contribution in [0.4, 0.5) is 5.69 Å². The van der Waals surface area contributed by atoms with Crippen molar-refractivity contribution in [3.8, 4) is 11.1 Å². The lowest BCUT2D eigenvalue weighted by Gasteiger charge is -2.14. The van der Waals surface area contributed by atoms with Crippen molar-refractivity contribution in [1.82, 2.24) is 5.32 Å². The van der Waals surface area contributed by atoms with E-state index >= 15 is 0 Å². The molecule has 2 nitrogen and oxygen atoms in total. The van der Waals surface area contributed by atoms with Crippen molar-refractivity contribution in [2.24, 2.45) is 0 Å². The highest BCUT2D eigenvalue weighted by Crippen LogP contribution is 2.26. The second-order valence-electron chi connectivity index (χ2n) is 5.78. The van der Waals surface area contributed by atoms with E-state index in [2.05, 4.69) is 60.5 Å². The zero-order chi connectivity index (χ0) is 15.4. The molecule has 3 heteroatoms. The van der Waals surface area contributed by atoms with Gasteiger partial charge < -0.3 is 10.2 Å². The van der Waals surface area contributed by atoms with Crippen LogP contribution in [0.1, 0.15) is 19.4 Å². The van der Waals surface area contributed by atoms with Gasteiger partial charge in [0.05, 0.1) is 0 Å². The normalized spacial score (nSPS) is 11.0. The van der Waals surface area contributed by atoms with Crippen LogP contribution in [-0.2, 0) is 6.54 Å². The number of benzene rings is 2. The maximum absolute atomic E-state index is 6.29. The molecule has 0 bridgehead atoms. The number of halogens is 1. The third-order valence-corrected chi connectivity index (χ3v) is 3.83. The summed E-state index contributed by atoms with van der Waals surface area (Å²) in [6.07, 6.45) is 0. The molecule has 0 saturated carbocycles. The van der Waals surface area contributed by atoms with Gasteiger partial charge in [0.2, 0.25) is 0 Å². The minimum atomic E-state index is 0.448. The highest BCUT2D eigenvalue weighted by molar-refractivity contribution is 6.31. The van der Waals surface area contributed by atoms with Crippen LogP contribution in [0.15, 0.2) is 42.5 Å². The van der Waals surface area contributed by atoms with Crippen LogP contribution in [-0.4, -0.2) is 20.1 Å². The lowest BCUT2D eigenvalue weighted by Crippen LogP contribution is -2.21. The minimum Gasteiger partial charge on any atom is -0.378 e. The quantitative estimate of drug-likeness (QED) is 0.870. The summed E-state index contributed by atoms with van der Waals surface area (Å²) in [4.78, 5) is 2.10. The summed E-state index contributed by atoms with van der Waals surface area (Å²) < 4.78 is 0. The third kappa shape index (κ3) is 4.23. The SMILES string of the molecule is CC(C)NCc1cc(-c2ccc(N(C)C)cc2)ccc1Cl. The van der Waals surface area contributed by atoms with Gasteiger partial charge in [-0.25, -0.2) is 0 Å². The summed E-state index contributed by atoms with van der Waals surface area (Å²) in [6.45, 7) is 5.07. The first-order chi connectivity index (χ1) is 9.97. The van der Waals surface area contributed by atoms with Gasteiger partial charge in [-0.2, -0.15) is 0 Å². The summed E-state index contributed by atoms with van der Waals surface area (Å²) in [5.74, 6) is 0. The molecule has 0 atom stereocenters. The zero-order valence-electron chi connectivity index (χ0n) is 13.2. The largest absolute Gasteiger partial charge is 0.378 e. The summed E-state index contributed by atoms with van der Waals surface area (Å²) in [7, 11) is 4.10. The Labute approximate surface area is 132 Å². The van der Waals surface area contributed by atoms with E-state index in [-0.39, 0.29) is 0 Å². The highest BCUT2D eigenvalue weighted by Gasteiger charge is 2.05. The molecule has 0 radical (unpaired) electrons. The monoisotopic (exact) mass is 302 g/mol. The Kier molecular flexibility index (Phi) is 5.27. The number of nitrogens with one attached hydrogen (secondary N) is 1. The van der Waals surface area contributed by atoms with Crippen LogP contribution in [0.5, 0.6) is 0 Å². The Balaban J connectivity index is 2.25. The molecule has 0 unspecified atom stereocenters. The molecule has 2 aromatic carbocycles. The molecule has 0 aromatic heterocycles. The third-order valence-electron chi connectivity index (χ3n) is 3.46. The number of hydrogen-bond acceptors (Lipinski definition) is 2. The van der Waals surface area contributed by atoms with E-state index in [1.165, 1.54) is 16.8 Å². The number of nitrogens with zero attached hydrogens (tertiary/aromatic N) is 1. The number of rotatable bonds is 5. The lowest BCUT2D eigenvalue weighted by atomic mass is 10.0. The summed E-state index contributed by atoms with van der Waals surface area (Å²) >= 11 is 6.29. The highest BCUT2D eigenvalue weighted by atomic mass is 35.5. The number of hydrogen-bond donors (Lipinski definition) is 1. The van der Waals surface area contributed by atoms with E-state index in [1.54, 1.807) is 0 Å².